The highest BCUT2D eigenvalue weighted by molar-refractivity contribution is 5.90. The van der Waals surface area contributed by atoms with Gasteiger partial charge in [-0.1, -0.05) is 5.21 Å². The Labute approximate surface area is 213 Å². The van der Waals surface area contributed by atoms with Gasteiger partial charge >= 0.3 is 6.09 Å². The summed E-state index contributed by atoms with van der Waals surface area (Å²) in [6.07, 6.45) is 1.86. The van der Waals surface area contributed by atoms with Crippen molar-refractivity contribution < 1.29 is 28.2 Å². The van der Waals surface area contributed by atoms with Crippen LogP contribution in [0.1, 0.15) is 18.5 Å². The number of amides is 3. The molecular formula is C24H30FN7O5. The van der Waals surface area contributed by atoms with Crippen LogP contribution in [-0.2, 0) is 25.6 Å². The molecule has 1 aromatic carbocycles. The number of halogens is 1. The molecule has 0 aliphatic carbocycles. The van der Waals surface area contributed by atoms with Crippen molar-refractivity contribution in [3.63, 3.8) is 0 Å². The smallest absolute Gasteiger partial charge is 0.414 e. The second-order valence-electron chi connectivity index (χ2n) is 9.42. The Balaban J connectivity index is 1.12. The van der Waals surface area contributed by atoms with Crippen molar-refractivity contribution in [2.24, 2.45) is 0 Å². The van der Waals surface area contributed by atoms with Gasteiger partial charge in [-0.25, -0.2) is 13.9 Å². The van der Waals surface area contributed by atoms with Crippen molar-refractivity contribution in [3.8, 4) is 0 Å². The zero-order chi connectivity index (χ0) is 25.9. The maximum Gasteiger partial charge on any atom is 0.414 e. The van der Waals surface area contributed by atoms with Gasteiger partial charge in [0.15, 0.2) is 0 Å². The fraction of sp³-hybridized carbons (Fsp3) is 0.542. The van der Waals surface area contributed by atoms with Crippen LogP contribution in [0.15, 0.2) is 24.4 Å². The normalized spacial score (nSPS) is 21.9. The van der Waals surface area contributed by atoms with Crippen LogP contribution >= 0.6 is 0 Å². The Morgan fingerprint density at radius 3 is 2.70 bits per heavy atom. The van der Waals surface area contributed by atoms with E-state index in [0.29, 0.717) is 57.1 Å². The maximum atomic E-state index is 15.1. The molecule has 13 heteroatoms. The molecule has 2 aromatic rings. The minimum absolute atomic E-state index is 0.0782. The lowest BCUT2D eigenvalue weighted by atomic mass is 10.2. The third kappa shape index (κ3) is 5.66. The lowest BCUT2D eigenvalue weighted by molar-refractivity contribution is -0.136. The molecule has 0 saturated carbocycles. The van der Waals surface area contributed by atoms with Crippen LogP contribution in [0.2, 0.25) is 0 Å². The van der Waals surface area contributed by atoms with Crippen molar-refractivity contribution in [1.82, 2.24) is 25.2 Å². The maximum absolute atomic E-state index is 15.1. The van der Waals surface area contributed by atoms with E-state index in [1.54, 1.807) is 27.9 Å². The van der Waals surface area contributed by atoms with Crippen LogP contribution in [-0.4, -0.2) is 95.9 Å². The molecule has 37 heavy (non-hydrogen) atoms. The molecule has 5 rings (SSSR count). The number of nitrogens with one attached hydrogen (secondary N) is 1. The van der Waals surface area contributed by atoms with Crippen LogP contribution in [0.3, 0.4) is 0 Å². The number of anilines is 2. The van der Waals surface area contributed by atoms with Gasteiger partial charge in [0.05, 0.1) is 36.7 Å². The Hall–Kier alpha value is -3.74. The first-order valence-electron chi connectivity index (χ1n) is 12.4. The minimum atomic E-state index is -0.535. The van der Waals surface area contributed by atoms with E-state index in [-0.39, 0.29) is 24.9 Å². The van der Waals surface area contributed by atoms with Crippen LogP contribution in [0.5, 0.6) is 0 Å². The summed E-state index contributed by atoms with van der Waals surface area (Å²) >= 11 is 0. The Kier molecular flexibility index (Phi) is 7.22. The Morgan fingerprint density at radius 1 is 1.22 bits per heavy atom. The van der Waals surface area contributed by atoms with E-state index >= 15 is 4.39 Å². The first-order valence-corrected chi connectivity index (χ1v) is 12.4. The second kappa shape index (κ2) is 10.7. The number of carbonyl (C=O) groups is 3. The average molecular weight is 516 g/mol. The van der Waals surface area contributed by atoms with E-state index in [1.165, 1.54) is 11.0 Å². The quantitative estimate of drug-likeness (QED) is 0.572. The summed E-state index contributed by atoms with van der Waals surface area (Å²) in [7, 11) is 0. The number of piperazine rings is 1. The molecule has 2 atom stereocenters. The summed E-state index contributed by atoms with van der Waals surface area (Å²) in [5, 5.41) is 10.5. The van der Waals surface area contributed by atoms with E-state index < -0.39 is 24.1 Å². The molecule has 1 aromatic heterocycles. The van der Waals surface area contributed by atoms with Gasteiger partial charge in [-0.05, 0) is 38.0 Å². The van der Waals surface area contributed by atoms with Crippen LogP contribution in [0.25, 0.3) is 0 Å². The van der Waals surface area contributed by atoms with Gasteiger partial charge in [-0.15, -0.1) is 5.10 Å². The molecule has 3 aliphatic heterocycles. The third-order valence-corrected chi connectivity index (χ3v) is 6.77. The van der Waals surface area contributed by atoms with Gasteiger partial charge in [0.2, 0.25) is 11.8 Å². The number of hydrogen-bond donors (Lipinski definition) is 1. The standard InChI is InChI=1S/C24H30FN7O5/c1-16-13-31(28-27-16)14-18-15-32(24(35)37-18)17-4-5-20(19(25)11-17)29-6-8-30(9-7-29)22(33)12-26-23(34)21-3-2-10-36-21/h4-5,11,13,18,21H,2-3,6-10,12,14-15H2,1H3,(H,26,34)/t18-,21?/m0/s1. The molecule has 4 heterocycles. The summed E-state index contributed by atoms with van der Waals surface area (Å²) in [4.78, 5) is 41.9. The van der Waals surface area contributed by atoms with Crippen LogP contribution in [0, 0.1) is 12.7 Å². The number of cyclic esters (lactones) is 1. The lowest BCUT2D eigenvalue weighted by Crippen LogP contribution is -2.52. The molecule has 3 saturated heterocycles. The van der Waals surface area contributed by atoms with Crippen molar-refractivity contribution in [1.29, 1.82) is 0 Å². The molecule has 0 bridgehead atoms. The highest BCUT2D eigenvalue weighted by Gasteiger charge is 2.34. The number of aryl methyl sites for hydroxylation is 1. The molecule has 12 nitrogen and oxygen atoms in total. The van der Waals surface area contributed by atoms with E-state index in [4.69, 9.17) is 9.47 Å². The van der Waals surface area contributed by atoms with Gasteiger partial charge in [0.1, 0.15) is 18.0 Å². The van der Waals surface area contributed by atoms with E-state index in [0.717, 1.165) is 12.1 Å². The molecule has 0 radical (unpaired) electrons. The summed E-state index contributed by atoms with van der Waals surface area (Å²) in [6.45, 7) is 4.69. The van der Waals surface area contributed by atoms with Crippen molar-refractivity contribution >= 4 is 29.3 Å². The van der Waals surface area contributed by atoms with Gasteiger partial charge in [0.25, 0.3) is 0 Å². The first kappa shape index (κ1) is 24.9. The molecule has 1 N–H and O–H groups in total. The number of hydrogen-bond acceptors (Lipinski definition) is 8. The second-order valence-corrected chi connectivity index (χ2v) is 9.42. The lowest BCUT2D eigenvalue weighted by Gasteiger charge is -2.36. The van der Waals surface area contributed by atoms with Crippen molar-refractivity contribution in [2.45, 2.75) is 38.5 Å². The van der Waals surface area contributed by atoms with Crippen LogP contribution < -0.4 is 15.1 Å². The number of ether oxygens (including phenoxy) is 2. The summed E-state index contributed by atoms with van der Waals surface area (Å²) < 4.78 is 27.5. The molecule has 3 amide bonds. The summed E-state index contributed by atoms with van der Waals surface area (Å²) in [6, 6.07) is 4.67. The third-order valence-electron chi connectivity index (χ3n) is 6.77. The van der Waals surface area contributed by atoms with Gasteiger partial charge in [-0.2, -0.15) is 0 Å². The Bertz CT molecular complexity index is 1160. The number of rotatable bonds is 7. The van der Waals surface area contributed by atoms with E-state index in [2.05, 4.69) is 15.6 Å². The molecule has 3 aliphatic rings. The molecule has 3 fully saturated rings. The fourth-order valence-electron chi connectivity index (χ4n) is 4.81. The largest absolute Gasteiger partial charge is 0.442 e. The number of carbonyl (C=O) groups excluding carboxylic acids is 3. The van der Waals surface area contributed by atoms with Crippen LogP contribution in [0.4, 0.5) is 20.6 Å². The van der Waals surface area contributed by atoms with Crippen molar-refractivity contribution in [2.75, 3.05) is 55.7 Å². The van der Waals surface area contributed by atoms with E-state index in [9.17, 15) is 14.4 Å². The fourth-order valence-corrected chi connectivity index (χ4v) is 4.81. The molecule has 198 valence electrons. The van der Waals surface area contributed by atoms with Crippen molar-refractivity contribution in [3.05, 3.63) is 35.9 Å². The van der Waals surface area contributed by atoms with Gasteiger partial charge in [-0.3, -0.25) is 14.5 Å². The molecular weight excluding hydrogens is 485 g/mol. The topological polar surface area (TPSA) is 122 Å². The Morgan fingerprint density at radius 2 is 2.03 bits per heavy atom. The van der Waals surface area contributed by atoms with E-state index in [1.807, 2.05) is 11.8 Å². The number of benzene rings is 1. The molecule has 0 spiro atoms. The first-order chi connectivity index (χ1) is 17.9. The SMILES string of the molecule is Cc1cn(C[C@H]2CN(c3ccc(N4CCN(C(=O)CNC(=O)C5CCCO5)CC4)c(F)c3)C(=O)O2)nn1. The predicted octanol–water partition coefficient (Wildman–Crippen LogP) is 0.695. The number of nitrogens with zero attached hydrogens (tertiary/aromatic N) is 6. The van der Waals surface area contributed by atoms with Gasteiger partial charge in [0, 0.05) is 39.0 Å². The zero-order valence-corrected chi connectivity index (χ0v) is 20.6. The highest BCUT2D eigenvalue weighted by atomic mass is 19.1. The highest BCUT2D eigenvalue weighted by Crippen LogP contribution is 2.29. The monoisotopic (exact) mass is 515 g/mol. The predicted molar refractivity (Wildman–Crippen MR) is 130 cm³/mol. The number of aromatic nitrogens is 3. The molecule has 1 unspecified atom stereocenters. The summed E-state index contributed by atoms with van der Waals surface area (Å²) in [5.74, 6) is -0.887. The zero-order valence-electron chi connectivity index (χ0n) is 20.6. The minimum Gasteiger partial charge on any atom is -0.442 e. The average Bonchev–Trinajstić information content (AvgIpc) is 3.65. The summed E-state index contributed by atoms with van der Waals surface area (Å²) in [5.41, 5.74) is 1.59. The van der Waals surface area contributed by atoms with Gasteiger partial charge < -0.3 is 24.6 Å².